The van der Waals surface area contributed by atoms with Crippen molar-refractivity contribution in [1.82, 2.24) is 9.97 Å². The van der Waals surface area contributed by atoms with E-state index < -0.39 is 9.84 Å². The highest BCUT2D eigenvalue weighted by molar-refractivity contribution is 7.90. The Bertz CT molecular complexity index is 903. The van der Waals surface area contributed by atoms with E-state index in [1.165, 1.54) is 18.4 Å². The molecule has 8 heteroatoms. The van der Waals surface area contributed by atoms with Crippen molar-refractivity contribution in [3.05, 3.63) is 36.5 Å². The first-order chi connectivity index (χ1) is 11.9. The van der Waals surface area contributed by atoms with Crippen molar-refractivity contribution < 1.29 is 8.42 Å². The number of sulfone groups is 1. The fourth-order valence-electron chi connectivity index (χ4n) is 2.23. The van der Waals surface area contributed by atoms with Gasteiger partial charge in [-0.2, -0.15) is 4.98 Å². The molecule has 0 aliphatic heterocycles. The third kappa shape index (κ3) is 4.93. The highest BCUT2D eigenvalue weighted by atomic mass is 32.2. The van der Waals surface area contributed by atoms with Gasteiger partial charge in [0.1, 0.15) is 0 Å². The van der Waals surface area contributed by atoms with E-state index in [9.17, 15) is 8.42 Å². The zero-order valence-corrected chi connectivity index (χ0v) is 14.6. The quantitative estimate of drug-likeness (QED) is 0.740. The summed E-state index contributed by atoms with van der Waals surface area (Å²) in [6.07, 6.45) is 7.25. The Kier molecular flexibility index (Phi) is 4.89. The summed E-state index contributed by atoms with van der Waals surface area (Å²) in [6, 6.07) is 8.07. The second-order valence-corrected chi connectivity index (χ2v) is 7.99. The van der Waals surface area contributed by atoms with Crippen molar-refractivity contribution in [2.75, 3.05) is 11.6 Å². The predicted molar refractivity (Wildman–Crippen MR) is 98.1 cm³/mol. The monoisotopic (exact) mass is 357 g/mol. The van der Waals surface area contributed by atoms with E-state index in [2.05, 4.69) is 20.3 Å². The first-order valence-corrected chi connectivity index (χ1v) is 9.81. The van der Waals surface area contributed by atoms with E-state index in [1.807, 2.05) is 0 Å². The molecule has 130 valence electrons. The van der Waals surface area contributed by atoms with Crippen LogP contribution in [0, 0.1) is 11.3 Å². The average Bonchev–Trinajstić information content (AvgIpc) is 3.40. The lowest BCUT2D eigenvalue weighted by Gasteiger charge is -2.06. The van der Waals surface area contributed by atoms with Crippen molar-refractivity contribution >= 4 is 39.2 Å². The smallest absolute Gasteiger partial charge is 0.229 e. The molecule has 1 aromatic carbocycles. The van der Waals surface area contributed by atoms with E-state index in [0.29, 0.717) is 29.8 Å². The predicted octanol–water partition coefficient (Wildman–Crippen LogP) is 3.15. The molecule has 1 heterocycles. The van der Waals surface area contributed by atoms with E-state index in [-0.39, 0.29) is 4.90 Å². The van der Waals surface area contributed by atoms with Crippen LogP contribution in [0.1, 0.15) is 19.3 Å². The second kappa shape index (κ2) is 7.10. The maximum absolute atomic E-state index is 11.5. The molecule has 0 spiro atoms. The molecule has 3 rings (SSSR count). The van der Waals surface area contributed by atoms with Gasteiger partial charge in [-0.3, -0.25) is 0 Å². The molecule has 0 amide bonds. The van der Waals surface area contributed by atoms with Crippen LogP contribution >= 0.6 is 0 Å². The minimum Gasteiger partial charge on any atom is -0.324 e. The first-order valence-electron chi connectivity index (χ1n) is 7.92. The standard InChI is InChI=1S/C17H19N5O2S/c1-25(23,24)14-6-4-13(5-7-14)21-17-20-11-9-16(22-17)19-10-8-15(18)12-2-3-12/h4-7,9-12,18H,2-3,8H2,1H3,(H,20,21,22). The van der Waals surface area contributed by atoms with Gasteiger partial charge < -0.3 is 10.7 Å². The molecular weight excluding hydrogens is 338 g/mol. The number of hydrogen-bond acceptors (Lipinski definition) is 7. The topological polar surface area (TPSA) is 108 Å². The summed E-state index contributed by atoms with van der Waals surface area (Å²) in [4.78, 5) is 12.9. The van der Waals surface area contributed by atoms with Crippen LogP contribution < -0.4 is 5.32 Å². The van der Waals surface area contributed by atoms with Crippen molar-refractivity contribution in [1.29, 1.82) is 5.41 Å². The van der Waals surface area contributed by atoms with Gasteiger partial charge in [0.15, 0.2) is 15.7 Å². The number of aliphatic imine (C=N–C) groups is 1. The number of rotatable bonds is 7. The Morgan fingerprint density at radius 1 is 1.32 bits per heavy atom. The molecule has 1 saturated carbocycles. The van der Waals surface area contributed by atoms with Crippen LogP contribution in [-0.2, 0) is 9.84 Å². The van der Waals surface area contributed by atoms with E-state index in [4.69, 9.17) is 5.41 Å². The first kappa shape index (κ1) is 17.2. The van der Waals surface area contributed by atoms with Gasteiger partial charge >= 0.3 is 0 Å². The van der Waals surface area contributed by atoms with E-state index in [0.717, 1.165) is 18.6 Å². The summed E-state index contributed by atoms with van der Waals surface area (Å²) < 4.78 is 22.9. The number of anilines is 2. The van der Waals surface area contributed by atoms with Gasteiger partial charge in [0.2, 0.25) is 5.95 Å². The zero-order chi connectivity index (χ0) is 17.9. The van der Waals surface area contributed by atoms with E-state index >= 15 is 0 Å². The summed E-state index contributed by atoms with van der Waals surface area (Å²) >= 11 is 0. The molecule has 0 saturated heterocycles. The number of nitrogens with one attached hydrogen (secondary N) is 2. The molecule has 0 atom stereocenters. The Morgan fingerprint density at radius 3 is 2.68 bits per heavy atom. The Labute approximate surface area is 146 Å². The Hall–Kier alpha value is -2.61. The molecule has 1 aromatic heterocycles. The van der Waals surface area contributed by atoms with Crippen LogP contribution in [0.25, 0.3) is 0 Å². The van der Waals surface area contributed by atoms with Gasteiger partial charge in [-0.05, 0) is 43.0 Å². The molecule has 7 nitrogen and oxygen atoms in total. The van der Waals surface area contributed by atoms with Crippen molar-refractivity contribution in [2.45, 2.75) is 24.2 Å². The second-order valence-electron chi connectivity index (χ2n) is 5.98. The van der Waals surface area contributed by atoms with Crippen LogP contribution in [0.4, 0.5) is 17.5 Å². The number of benzene rings is 1. The van der Waals surface area contributed by atoms with Gasteiger partial charge in [0.25, 0.3) is 0 Å². The average molecular weight is 357 g/mol. The van der Waals surface area contributed by atoms with Gasteiger partial charge in [0.05, 0.1) is 4.90 Å². The van der Waals surface area contributed by atoms with Gasteiger partial charge in [-0.15, -0.1) is 0 Å². The minimum absolute atomic E-state index is 0.260. The molecule has 0 bridgehead atoms. The van der Waals surface area contributed by atoms with Crippen molar-refractivity contribution in [2.24, 2.45) is 10.9 Å². The van der Waals surface area contributed by atoms with Crippen LogP contribution in [0.2, 0.25) is 0 Å². The van der Waals surface area contributed by atoms with Gasteiger partial charge in [-0.1, -0.05) is 0 Å². The van der Waals surface area contributed by atoms with E-state index in [1.54, 1.807) is 30.6 Å². The Morgan fingerprint density at radius 2 is 2.04 bits per heavy atom. The SMILES string of the molecule is CS(=O)(=O)c1ccc(Nc2nccc(N=CCC(=N)C3CC3)n2)cc1. The summed E-state index contributed by atoms with van der Waals surface area (Å²) in [6.45, 7) is 0. The van der Waals surface area contributed by atoms with Crippen LogP contribution in [0.15, 0.2) is 46.4 Å². The lowest BCUT2D eigenvalue weighted by molar-refractivity contribution is 0.602. The highest BCUT2D eigenvalue weighted by Crippen LogP contribution is 2.30. The maximum Gasteiger partial charge on any atom is 0.229 e. The fourth-order valence-corrected chi connectivity index (χ4v) is 2.86. The summed E-state index contributed by atoms with van der Waals surface area (Å²) in [5.74, 6) is 1.33. The Balaban J connectivity index is 1.64. The molecule has 1 aliphatic carbocycles. The molecule has 1 fully saturated rings. The lowest BCUT2D eigenvalue weighted by Crippen LogP contribution is -2.00. The molecular formula is C17H19N5O2S. The molecule has 25 heavy (non-hydrogen) atoms. The minimum atomic E-state index is -3.21. The van der Waals surface area contributed by atoms with Gasteiger partial charge in [-0.25, -0.2) is 18.4 Å². The van der Waals surface area contributed by atoms with Crippen molar-refractivity contribution in [3.8, 4) is 0 Å². The van der Waals surface area contributed by atoms with Crippen molar-refractivity contribution in [3.63, 3.8) is 0 Å². The summed E-state index contributed by atoms with van der Waals surface area (Å²) in [5, 5.41) is 10.9. The van der Waals surface area contributed by atoms with Crippen LogP contribution in [-0.4, -0.2) is 36.6 Å². The lowest BCUT2D eigenvalue weighted by atomic mass is 10.2. The normalized spacial score (nSPS) is 14.6. The number of hydrogen-bond donors (Lipinski definition) is 2. The molecule has 2 N–H and O–H groups in total. The summed E-state index contributed by atoms with van der Waals surface area (Å²) in [7, 11) is -3.21. The summed E-state index contributed by atoms with van der Waals surface area (Å²) in [5.41, 5.74) is 1.41. The number of nitrogens with zero attached hydrogens (tertiary/aromatic N) is 3. The van der Waals surface area contributed by atoms with Gasteiger partial charge in [0, 0.05) is 42.6 Å². The third-order valence-electron chi connectivity index (χ3n) is 3.78. The molecule has 0 unspecified atom stereocenters. The molecule has 1 aliphatic rings. The maximum atomic E-state index is 11.5. The molecule has 0 radical (unpaired) electrons. The number of aromatic nitrogens is 2. The molecule has 2 aromatic rings. The van der Waals surface area contributed by atoms with Crippen LogP contribution in [0.3, 0.4) is 0 Å². The third-order valence-corrected chi connectivity index (χ3v) is 4.91. The highest BCUT2D eigenvalue weighted by Gasteiger charge is 2.25. The largest absolute Gasteiger partial charge is 0.324 e. The zero-order valence-electron chi connectivity index (χ0n) is 13.8. The fraction of sp³-hybridized carbons (Fsp3) is 0.294. The van der Waals surface area contributed by atoms with Crippen LogP contribution in [0.5, 0.6) is 0 Å².